The van der Waals surface area contributed by atoms with E-state index in [9.17, 15) is 4.79 Å². The van der Waals surface area contributed by atoms with Gasteiger partial charge in [-0.05, 0) is 18.1 Å². The van der Waals surface area contributed by atoms with Gasteiger partial charge in [-0.2, -0.15) is 0 Å². The molecular formula is C21H28Cl2N2O2. The number of halogens is 2. The van der Waals surface area contributed by atoms with Crippen molar-refractivity contribution in [2.24, 2.45) is 0 Å². The standard InChI is InChI=1S/C21H26N2O2.2ClH/c1-2-25-20(24)15-19-16-22-13-14-23(19)21(17-9-5-3-6-10-17)18-11-7-4-8-12-18;;/h3-12,19,21-22H,2,13-16H2,1H3;2*1H/t19-;;/m1../s1. The predicted octanol–water partition coefficient (Wildman–Crippen LogP) is 3.85. The Morgan fingerprint density at radius 3 is 2.15 bits per heavy atom. The van der Waals surface area contributed by atoms with Crippen LogP contribution in [0.2, 0.25) is 0 Å². The SMILES string of the molecule is CCOC(=O)C[C@@H]1CNCCN1C(c1ccccc1)c1ccccc1.Cl.Cl. The third-order valence-electron chi connectivity index (χ3n) is 4.67. The lowest BCUT2D eigenvalue weighted by Crippen LogP contribution is -2.53. The molecule has 148 valence electrons. The molecule has 0 amide bonds. The molecule has 0 aromatic heterocycles. The number of hydrogen-bond donors (Lipinski definition) is 1. The Bertz CT molecular complexity index is 631. The molecule has 1 atom stereocenters. The zero-order chi connectivity index (χ0) is 17.5. The van der Waals surface area contributed by atoms with Gasteiger partial charge < -0.3 is 10.1 Å². The molecule has 1 aliphatic heterocycles. The lowest BCUT2D eigenvalue weighted by atomic mass is 9.94. The van der Waals surface area contributed by atoms with Gasteiger partial charge in [0.1, 0.15) is 0 Å². The molecule has 4 nitrogen and oxygen atoms in total. The van der Waals surface area contributed by atoms with E-state index < -0.39 is 0 Å². The summed E-state index contributed by atoms with van der Waals surface area (Å²) in [5, 5.41) is 3.42. The Labute approximate surface area is 174 Å². The highest BCUT2D eigenvalue weighted by molar-refractivity contribution is 5.85. The molecule has 1 aliphatic rings. The summed E-state index contributed by atoms with van der Waals surface area (Å²) < 4.78 is 5.19. The second-order valence-electron chi connectivity index (χ2n) is 6.33. The summed E-state index contributed by atoms with van der Waals surface area (Å²) in [7, 11) is 0. The van der Waals surface area contributed by atoms with Crippen molar-refractivity contribution >= 4 is 30.8 Å². The third kappa shape index (κ3) is 6.22. The number of benzene rings is 2. The number of nitrogens with zero attached hydrogens (tertiary/aromatic N) is 1. The van der Waals surface area contributed by atoms with Gasteiger partial charge in [-0.3, -0.25) is 9.69 Å². The van der Waals surface area contributed by atoms with Crippen LogP contribution in [0.25, 0.3) is 0 Å². The maximum Gasteiger partial charge on any atom is 0.307 e. The zero-order valence-corrected chi connectivity index (χ0v) is 17.2. The van der Waals surface area contributed by atoms with Crippen molar-refractivity contribution in [2.75, 3.05) is 26.2 Å². The maximum atomic E-state index is 12.1. The number of carbonyl (C=O) groups is 1. The highest BCUT2D eigenvalue weighted by Crippen LogP contribution is 2.31. The fourth-order valence-electron chi connectivity index (χ4n) is 3.56. The van der Waals surface area contributed by atoms with Crippen LogP contribution in [0.3, 0.4) is 0 Å². The average molecular weight is 411 g/mol. The van der Waals surface area contributed by atoms with Crippen molar-refractivity contribution in [3.63, 3.8) is 0 Å². The number of ether oxygens (including phenoxy) is 1. The van der Waals surface area contributed by atoms with Gasteiger partial charge in [-0.1, -0.05) is 60.7 Å². The van der Waals surface area contributed by atoms with Crippen molar-refractivity contribution in [2.45, 2.75) is 25.4 Å². The minimum Gasteiger partial charge on any atom is -0.466 e. The number of rotatable bonds is 6. The van der Waals surface area contributed by atoms with Crippen LogP contribution in [0.5, 0.6) is 0 Å². The predicted molar refractivity (Wildman–Crippen MR) is 114 cm³/mol. The van der Waals surface area contributed by atoms with Crippen LogP contribution in [0.4, 0.5) is 0 Å². The summed E-state index contributed by atoms with van der Waals surface area (Å²) in [5.41, 5.74) is 2.51. The van der Waals surface area contributed by atoms with E-state index in [-0.39, 0.29) is 42.9 Å². The topological polar surface area (TPSA) is 41.6 Å². The summed E-state index contributed by atoms with van der Waals surface area (Å²) >= 11 is 0. The third-order valence-corrected chi connectivity index (χ3v) is 4.67. The Hall–Kier alpha value is -1.59. The molecule has 2 aromatic carbocycles. The van der Waals surface area contributed by atoms with Crippen molar-refractivity contribution in [1.29, 1.82) is 0 Å². The van der Waals surface area contributed by atoms with Crippen molar-refractivity contribution in [3.05, 3.63) is 71.8 Å². The number of carbonyl (C=O) groups excluding carboxylic acids is 1. The molecule has 0 unspecified atom stereocenters. The molecule has 27 heavy (non-hydrogen) atoms. The van der Waals surface area contributed by atoms with Crippen molar-refractivity contribution in [1.82, 2.24) is 10.2 Å². The normalized spacial score (nSPS) is 16.9. The first-order valence-corrected chi connectivity index (χ1v) is 9.01. The van der Waals surface area contributed by atoms with Gasteiger partial charge in [0.05, 0.1) is 19.1 Å². The van der Waals surface area contributed by atoms with Crippen LogP contribution in [0.1, 0.15) is 30.5 Å². The van der Waals surface area contributed by atoms with Gasteiger partial charge in [0.25, 0.3) is 0 Å². The van der Waals surface area contributed by atoms with E-state index in [4.69, 9.17) is 4.74 Å². The van der Waals surface area contributed by atoms with E-state index in [1.807, 2.05) is 19.1 Å². The Morgan fingerprint density at radius 2 is 1.63 bits per heavy atom. The van der Waals surface area contributed by atoms with Gasteiger partial charge in [-0.15, -0.1) is 24.8 Å². The van der Waals surface area contributed by atoms with Crippen molar-refractivity contribution < 1.29 is 9.53 Å². The van der Waals surface area contributed by atoms with Gasteiger partial charge in [0.2, 0.25) is 0 Å². The van der Waals surface area contributed by atoms with Crippen LogP contribution in [-0.2, 0) is 9.53 Å². The van der Waals surface area contributed by atoms with E-state index in [1.54, 1.807) is 0 Å². The number of hydrogen-bond acceptors (Lipinski definition) is 4. The smallest absolute Gasteiger partial charge is 0.307 e. The number of nitrogens with one attached hydrogen (secondary N) is 1. The largest absolute Gasteiger partial charge is 0.466 e. The molecule has 1 N–H and O–H groups in total. The van der Waals surface area contributed by atoms with Crippen molar-refractivity contribution in [3.8, 4) is 0 Å². The fraction of sp³-hybridized carbons (Fsp3) is 0.381. The quantitative estimate of drug-likeness (QED) is 0.734. The zero-order valence-electron chi connectivity index (χ0n) is 15.5. The first-order valence-electron chi connectivity index (χ1n) is 9.01. The molecule has 3 rings (SSSR count). The van der Waals surface area contributed by atoms with E-state index >= 15 is 0 Å². The Balaban J connectivity index is 0.00000182. The summed E-state index contributed by atoms with van der Waals surface area (Å²) in [6, 6.07) is 21.3. The first-order chi connectivity index (χ1) is 12.3. The first kappa shape index (κ1) is 23.4. The number of esters is 1. The Morgan fingerprint density at radius 1 is 1.07 bits per heavy atom. The monoisotopic (exact) mass is 410 g/mol. The van der Waals surface area contributed by atoms with Gasteiger partial charge in [-0.25, -0.2) is 0 Å². The molecule has 0 aliphatic carbocycles. The molecule has 6 heteroatoms. The molecule has 0 spiro atoms. The average Bonchev–Trinajstić information content (AvgIpc) is 2.65. The van der Waals surface area contributed by atoms with E-state index in [1.165, 1.54) is 11.1 Å². The molecule has 0 radical (unpaired) electrons. The summed E-state index contributed by atoms with van der Waals surface area (Å²) in [4.78, 5) is 14.5. The van der Waals surface area contributed by atoms with Crippen LogP contribution in [0.15, 0.2) is 60.7 Å². The molecule has 1 heterocycles. The van der Waals surface area contributed by atoms with Gasteiger partial charge in [0, 0.05) is 25.7 Å². The second kappa shape index (κ2) is 12.0. The lowest BCUT2D eigenvalue weighted by Gasteiger charge is -2.41. The van der Waals surface area contributed by atoms with E-state index in [0.29, 0.717) is 13.0 Å². The van der Waals surface area contributed by atoms with E-state index in [2.05, 4.69) is 58.7 Å². The Kier molecular flexibility index (Phi) is 10.4. The fourth-order valence-corrected chi connectivity index (χ4v) is 3.56. The molecule has 1 saturated heterocycles. The maximum absolute atomic E-state index is 12.1. The van der Waals surface area contributed by atoms with Crippen LogP contribution < -0.4 is 5.32 Å². The summed E-state index contributed by atoms with van der Waals surface area (Å²) in [5.74, 6) is -0.124. The summed E-state index contributed by atoms with van der Waals surface area (Å²) in [6.45, 7) is 4.91. The molecule has 1 fully saturated rings. The number of piperazine rings is 1. The minimum atomic E-state index is -0.124. The minimum absolute atomic E-state index is 0. The molecule has 2 aromatic rings. The van der Waals surface area contributed by atoms with E-state index in [0.717, 1.165) is 19.6 Å². The molecular weight excluding hydrogens is 383 g/mol. The summed E-state index contributed by atoms with van der Waals surface area (Å²) in [6.07, 6.45) is 0.414. The highest BCUT2D eigenvalue weighted by Gasteiger charge is 2.32. The van der Waals surface area contributed by atoms with Gasteiger partial charge in [0.15, 0.2) is 0 Å². The highest BCUT2D eigenvalue weighted by atomic mass is 35.5. The second-order valence-corrected chi connectivity index (χ2v) is 6.33. The van der Waals surface area contributed by atoms with Crippen LogP contribution in [0, 0.1) is 0 Å². The van der Waals surface area contributed by atoms with Crippen LogP contribution >= 0.6 is 24.8 Å². The van der Waals surface area contributed by atoms with Gasteiger partial charge >= 0.3 is 5.97 Å². The molecule has 0 bridgehead atoms. The van der Waals surface area contributed by atoms with Crippen LogP contribution in [-0.4, -0.2) is 43.2 Å². The lowest BCUT2D eigenvalue weighted by molar-refractivity contribution is -0.144. The molecule has 0 saturated carbocycles.